The molecule has 192 valence electrons. The number of anilines is 1. The maximum Gasteiger partial charge on any atom is 0.279 e. The average molecular weight is 536 g/mol. The summed E-state index contributed by atoms with van der Waals surface area (Å²) in [5.41, 5.74) is 4.11. The van der Waals surface area contributed by atoms with Gasteiger partial charge >= 0.3 is 0 Å². The quantitative estimate of drug-likeness (QED) is 0.335. The Labute approximate surface area is 220 Å². The number of carbonyl (C=O) groups is 1. The standard InChI is InChI=1S/C28H29N3O4S2/c1-4-17-30-25-24(35-3)16-11-19(2)26(25)36-28(30)29-27(32)21-12-14-22(15-13-21)37(33,34)31-18-7-9-20-8-5-6-10-23(20)31/h5-6,8,10-16H,4,7,9,17-18H2,1-3H3. The molecular formula is C28H29N3O4S2. The van der Waals surface area contributed by atoms with Crippen LogP contribution in [-0.4, -0.2) is 32.5 Å². The molecule has 9 heteroatoms. The molecule has 1 aliphatic rings. The summed E-state index contributed by atoms with van der Waals surface area (Å²) in [5, 5.41) is 0. The summed E-state index contributed by atoms with van der Waals surface area (Å²) in [6.07, 6.45) is 2.50. The van der Waals surface area contributed by atoms with Gasteiger partial charge in [0.1, 0.15) is 11.3 Å². The lowest BCUT2D eigenvalue weighted by atomic mass is 10.0. The zero-order valence-electron chi connectivity index (χ0n) is 21.1. The van der Waals surface area contributed by atoms with Crippen LogP contribution < -0.4 is 13.8 Å². The third kappa shape index (κ3) is 4.57. The number of para-hydroxylation sites is 1. The highest BCUT2D eigenvalue weighted by molar-refractivity contribution is 7.92. The Kier molecular flexibility index (Phi) is 6.92. The molecule has 0 N–H and O–H groups in total. The van der Waals surface area contributed by atoms with Crippen LogP contribution in [0.3, 0.4) is 0 Å². The normalized spacial score (nSPS) is 14.1. The minimum atomic E-state index is -3.75. The highest BCUT2D eigenvalue weighted by atomic mass is 32.2. The molecule has 1 aromatic heterocycles. The Hall–Kier alpha value is -3.43. The van der Waals surface area contributed by atoms with Crippen LogP contribution in [0.5, 0.6) is 5.75 Å². The molecule has 0 unspecified atom stereocenters. The van der Waals surface area contributed by atoms with Crippen LogP contribution in [0.1, 0.15) is 41.3 Å². The average Bonchev–Trinajstić information content (AvgIpc) is 3.27. The number of amides is 1. The number of aryl methyl sites for hydroxylation is 3. The van der Waals surface area contributed by atoms with E-state index in [0.29, 0.717) is 23.5 Å². The number of hydrogen-bond donors (Lipinski definition) is 0. The Morgan fingerprint density at radius 2 is 1.84 bits per heavy atom. The van der Waals surface area contributed by atoms with E-state index in [1.807, 2.05) is 47.9 Å². The second kappa shape index (κ2) is 10.1. The number of fused-ring (bicyclic) bond motifs is 2. The van der Waals surface area contributed by atoms with Gasteiger partial charge in [0.2, 0.25) is 0 Å². The zero-order valence-corrected chi connectivity index (χ0v) is 22.7. The summed E-state index contributed by atoms with van der Waals surface area (Å²) in [6, 6.07) is 17.6. The number of rotatable bonds is 6. The van der Waals surface area contributed by atoms with Crippen molar-refractivity contribution in [3.63, 3.8) is 0 Å². The van der Waals surface area contributed by atoms with Crippen molar-refractivity contribution in [3.05, 3.63) is 82.2 Å². The predicted molar refractivity (Wildman–Crippen MR) is 147 cm³/mol. The third-order valence-corrected chi connectivity index (χ3v) is 9.65. The summed E-state index contributed by atoms with van der Waals surface area (Å²) in [4.78, 5) is 18.3. The van der Waals surface area contributed by atoms with Crippen LogP contribution in [0.2, 0.25) is 0 Å². The van der Waals surface area contributed by atoms with Crippen molar-refractivity contribution in [1.29, 1.82) is 0 Å². The highest BCUT2D eigenvalue weighted by Crippen LogP contribution is 2.32. The van der Waals surface area contributed by atoms with Crippen LogP contribution in [0.4, 0.5) is 5.69 Å². The largest absolute Gasteiger partial charge is 0.495 e. The van der Waals surface area contributed by atoms with Gasteiger partial charge in [-0.2, -0.15) is 4.99 Å². The maximum atomic E-state index is 13.4. The molecule has 2 heterocycles. The first-order valence-corrected chi connectivity index (χ1v) is 14.6. The molecule has 0 fully saturated rings. The number of carbonyl (C=O) groups excluding carboxylic acids is 1. The fourth-order valence-electron chi connectivity index (χ4n) is 4.76. The molecule has 1 amide bonds. The Bertz CT molecular complexity index is 1650. The number of benzene rings is 3. The molecule has 0 aliphatic carbocycles. The van der Waals surface area contributed by atoms with Gasteiger partial charge in [-0.05, 0) is 73.7 Å². The SMILES string of the molecule is CCCn1c(=NC(=O)c2ccc(S(=O)(=O)N3CCCc4ccccc43)cc2)sc2c(C)ccc(OC)c21. The molecule has 37 heavy (non-hydrogen) atoms. The molecule has 0 radical (unpaired) electrons. The van der Waals surface area contributed by atoms with E-state index in [2.05, 4.69) is 11.9 Å². The molecule has 0 spiro atoms. The summed E-state index contributed by atoms with van der Waals surface area (Å²) >= 11 is 1.46. The van der Waals surface area contributed by atoms with Gasteiger partial charge in [0.25, 0.3) is 15.9 Å². The smallest absolute Gasteiger partial charge is 0.279 e. The Balaban J connectivity index is 1.49. The van der Waals surface area contributed by atoms with E-state index in [1.165, 1.54) is 39.9 Å². The molecule has 4 aromatic rings. The van der Waals surface area contributed by atoms with E-state index in [1.54, 1.807) is 7.11 Å². The first-order valence-electron chi connectivity index (χ1n) is 12.3. The van der Waals surface area contributed by atoms with Gasteiger partial charge in [-0.3, -0.25) is 9.10 Å². The minimum Gasteiger partial charge on any atom is -0.495 e. The molecular weight excluding hydrogens is 506 g/mol. The van der Waals surface area contributed by atoms with E-state index < -0.39 is 15.9 Å². The van der Waals surface area contributed by atoms with Crippen molar-refractivity contribution in [2.45, 2.75) is 44.6 Å². The lowest BCUT2D eigenvalue weighted by molar-refractivity contribution is 0.0997. The summed E-state index contributed by atoms with van der Waals surface area (Å²) < 4.78 is 37.0. The number of hydrogen-bond acceptors (Lipinski definition) is 5. The van der Waals surface area contributed by atoms with Gasteiger partial charge in [0.05, 0.1) is 22.4 Å². The van der Waals surface area contributed by atoms with Gasteiger partial charge in [-0.15, -0.1) is 0 Å². The van der Waals surface area contributed by atoms with E-state index in [9.17, 15) is 13.2 Å². The summed E-state index contributed by atoms with van der Waals surface area (Å²) in [5.74, 6) is 0.327. The maximum absolute atomic E-state index is 13.4. The number of aromatic nitrogens is 1. The van der Waals surface area contributed by atoms with Gasteiger partial charge in [-0.25, -0.2) is 8.42 Å². The number of thiazole rings is 1. The van der Waals surface area contributed by atoms with Gasteiger partial charge in [0.15, 0.2) is 4.80 Å². The summed E-state index contributed by atoms with van der Waals surface area (Å²) in [6.45, 7) is 5.23. The predicted octanol–water partition coefficient (Wildman–Crippen LogP) is 5.31. The molecule has 0 atom stereocenters. The van der Waals surface area contributed by atoms with Gasteiger partial charge < -0.3 is 9.30 Å². The topological polar surface area (TPSA) is 81.0 Å². The van der Waals surface area contributed by atoms with Crippen LogP contribution in [0, 0.1) is 6.92 Å². The molecule has 0 saturated heterocycles. The fraction of sp³-hybridized carbons (Fsp3) is 0.286. The first-order chi connectivity index (χ1) is 17.8. The molecule has 3 aromatic carbocycles. The Morgan fingerprint density at radius 1 is 1.08 bits per heavy atom. The second-order valence-corrected chi connectivity index (χ2v) is 11.9. The van der Waals surface area contributed by atoms with Crippen molar-refractivity contribution < 1.29 is 17.9 Å². The van der Waals surface area contributed by atoms with E-state index in [0.717, 1.165) is 52.0 Å². The molecule has 0 bridgehead atoms. The third-order valence-electron chi connectivity index (χ3n) is 6.61. The van der Waals surface area contributed by atoms with E-state index >= 15 is 0 Å². The molecule has 7 nitrogen and oxygen atoms in total. The lowest BCUT2D eigenvalue weighted by Crippen LogP contribution is -2.35. The monoisotopic (exact) mass is 535 g/mol. The minimum absolute atomic E-state index is 0.157. The fourth-order valence-corrected chi connectivity index (χ4v) is 7.44. The van der Waals surface area contributed by atoms with E-state index in [-0.39, 0.29) is 4.90 Å². The van der Waals surface area contributed by atoms with Crippen molar-refractivity contribution >= 4 is 43.2 Å². The molecule has 5 rings (SSSR count). The molecule has 1 aliphatic heterocycles. The van der Waals surface area contributed by atoms with Crippen LogP contribution in [-0.2, 0) is 23.0 Å². The molecule has 0 saturated carbocycles. The highest BCUT2D eigenvalue weighted by Gasteiger charge is 2.29. The van der Waals surface area contributed by atoms with Crippen molar-refractivity contribution in [2.75, 3.05) is 18.0 Å². The van der Waals surface area contributed by atoms with Crippen molar-refractivity contribution in [2.24, 2.45) is 4.99 Å². The number of methoxy groups -OCH3 is 1. The van der Waals surface area contributed by atoms with E-state index in [4.69, 9.17) is 4.74 Å². The van der Waals surface area contributed by atoms with Gasteiger partial charge in [-0.1, -0.05) is 42.5 Å². The van der Waals surface area contributed by atoms with Crippen LogP contribution >= 0.6 is 11.3 Å². The Morgan fingerprint density at radius 3 is 2.57 bits per heavy atom. The lowest BCUT2D eigenvalue weighted by Gasteiger charge is -2.30. The van der Waals surface area contributed by atoms with Crippen LogP contribution in [0.25, 0.3) is 10.2 Å². The van der Waals surface area contributed by atoms with Gasteiger partial charge in [0, 0.05) is 18.7 Å². The number of ether oxygens (including phenoxy) is 1. The number of nitrogens with zero attached hydrogens (tertiary/aromatic N) is 3. The zero-order chi connectivity index (χ0) is 26.2. The second-order valence-electron chi connectivity index (χ2n) is 9.05. The number of sulfonamides is 1. The van der Waals surface area contributed by atoms with Crippen molar-refractivity contribution in [3.8, 4) is 5.75 Å². The van der Waals surface area contributed by atoms with Crippen LogP contribution in [0.15, 0.2) is 70.6 Å². The summed E-state index contributed by atoms with van der Waals surface area (Å²) in [7, 11) is -2.11. The first kappa shape index (κ1) is 25.2. The van der Waals surface area contributed by atoms with Crippen molar-refractivity contribution in [1.82, 2.24) is 4.57 Å².